The predicted molar refractivity (Wildman–Crippen MR) is 113 cm³/mol. The van der Waals surface area contributed by atoms with Gasteiger partial charge in [0.2, 0.25) is 11.8 Å². The molecule has 0 aliphatic carbocycles. The van der Waals surface area contributed by atoms with Crippen molar-refractivity contribution in [1.29, 1.82) is 0 Å². The van der Waals surface area contributed by atoms with Gasteiger partial charge in [0.05, 0.1) is 19.3 Å². The van der Waals surface area contributed by atoms with E-state index in [9.17, 15) is 9.59 Å². The Labute approximate surface area is 178 Å². The Morgan fingerprint density at radius 2 is 1.93 bits per heavy atom. The van der Waals surface area contributed by atoms with Crippen LogP contribution in [0.2, 0.25) is 0 Å². The minimum Gasteiger partial charge on any atom is -0.370 e. The molecule has 0 radical (unpaired) electrons. The van der Waals surface area contributed by atoms with Crippen LogP contribution in [0.1, 0.15) is 31.4 Å². The number of rotatable bonds is 8. The predicted octanol–water partition coefficient (Wildman–Crippen LogP) is 2.32. The van der Waals surface area contributed by atoms with Crippen LogP contribution in [0.25, 0.3) is 0 Å². The highest BCUT2D eigenvalue weighted by atomic mass is 16.5. The van der Waals surface area contributed by atoms with Gasteiger partial charge < -0.3 is 14.5 Å². The molecule has 0 saturated carbocycles. The van der Waals surface area contributed by atoms with Crippen LogP contribution < -0.4 is 0 Å². The van der Waals surface area contributed by atoms with Crippen molar-refractivity contribution < 1.29 is 14.3 Å². The lowest BCUT2D eigenvalue weighted by Gasteiger charge is -2.26. The first kappa shape index (κ1) is 21.9. The van der Waals surface area contributed by atoms with Gasteiger partial charge in [0.15, 0.2) is 0 Å². The van der Waals surface area contributed by atoms with E-state index in [-0.39, 0.29) is 24.5 Å². The summed E-state index contributed by atoms with van der Waals surface area (Å²) in [6.07, 6.45) is 7.69. The number of aryl methyl sites for hydroxylation is 1. The first-order chi connectivity index (χ1) is 14.5. The highest BCUT2D eigenvalue weighted by molar-refractivity contribution is 5.85. The van der Waals surface area contributed by atoms with Crippen molar-refractivity contribution in [3.63, 3.8) is 0 Å². The number of amides is 2. The summed E-state index contributed by atoms with van der Waals surface area (Å²) in [6.45, 7) is 6.24. The molecule has 2 aromatic rings. The molecule has 0 bridgehead atoms. The van der Waals surface area contributed by atoms with Gasteiger partial charge in [0.1, 0.15) is 0 Å². The second-order valence-electron chi connectivity index (χ2n) is 8.12. The zero-order chi connectivity index (χ0) is 21.3. The van der Waals surface area contributed by atoms with Crippen LogP contribution >= 0.6 is 0 Å². The maximum atomic E-state index is 12.9. The van der Waals surface area contributed by atoms with Gasteiger partial charge in [0, 0.05) is 50.8 Å². The molecule has 30 heavy (non-hydrogen) atoms. The summed E-state index contributed by atoms with van der Waals surface area (Å²) in [7, 11) is 0. The van der Waals surface area contributed by atoms with E-state index >= 15 is 0 Å². The van der Waals surface area contributed by atoms with Gasteiger partial charge in [0.25, 0.3) is 0 Å². The minimum atomic E-state index is -0.236. The van der Waals surface area contributed by atoms with E-state index in [0.717, 1.165) is 11.1 Å². The first-order valence-corrected chi connectivity index (χ1v) is 10.5. The molecule has 0 spiro atoms. The molecule has 3 rings (SSSR count). The molecule has 160 valence electrons. The summed E-state index contributed by atoms with van der Waals surface area (Å²) in [5.41, 5.74) is 2.03. The van der Waals surface area contributed by atoms with E-state index in [1.807, 2.05) is 29.2 Å². The molecule has 7 nitrogen and oxygen atoms in total. The van der Waals surface area contributed by atoms with Crippen molar-refractivity contribution in [1.82, 2.24) is 19.8 Å². The maximum Gasteiger partial charge on any atom is 0.242 e. The molecule has 1 unspecified atom stereocenters. The summed E-state index contributed by atoms with van der Waals surface area (Å²) in [5.74, 6) is 0.303. The molecule has 1 aliphatic heterocycles. The lowest BCUT2D eigenvalue weighted by Crippen LogP contribution is -2.40. The average Bonchev–Trinajstić information content (AvgIpc) is 2.90. The molecule has 2 amide bonds. The molecule has 0 aromatic carbocycles. The van der Waals surface area contributed by atoms with Crippen molar-refractivity contribution >= 4 is 11.8 Å². The molecule has 1 atom stereocenters. The number of carbonyl (C=O) groups is 2. The normalized spacial score (nSPS) is 17.3. The molecular formula is C23H30N4O3. The van der Waals surface area contributed by atoms with Gasteiger partial charge in [-0.15, -0.1) is 0 Å². The molecule has 2 aromatic heterocycles. The topological polar surface area (TPSA) is 75.6 Å². The zero-order valence-corrected chi connectivity index (χ0v) is 17.7. The summed E-state index contributed by atoms with van der Waals surface area (Å²) in [4.78, 5) is 37.3. The minimum absolute atomic E-state index is 0.0200. The number of hydrogen-bond acceptors (Lipinski definition) is 5. The maximum absolute atomic E-state index is 12.9. The molecule has 0 N–H and O–H groups in total. The molecule has 1 fully saturated rings. The van der Waals surface area contributed by atoms with Crippen molar-refractivity contribution in [3.05, 3.63) is 60.2 Å². The Morgan fingerprint density at radius 1 is 1.13 bits per heavy atom. The highest BCUT2D eigenvalue weighted by Crippen LogP contribution is 2.14. The number of hydrogen-bond donors (Lipinski definition) is 0. The first-order valence-electron chi connectivity index (χ1n) is 10.5. The fourth-order valence-electron chi connectivity index (χ4n) is 3.55. The number of aromatic nitrogens is 2. The Kier molecular flexibility index (Phi) is 7.90. The zero-order valence-electron chi connectivity index (χ0n) is 17.7. The van der Waals surface area contributed by atoms with Crippen LogP contribution in [0.15, 0.2) is 49.1 Å². The fraction of sp³-hybridized carbons (Fsp3) is 0.478. The van der Waals surface area contributed by atoms with E-state index in [2.05, 4.69) is 23.8 Å². The third kappa shape index (κ3) is 6.62. The van der Waals surface area contributed by atoms with E-state index < -0.39 is 0 Å². The Hall–Kier alpha value is -2.80. The van der Waals surface area contributed by atoms with Crippen molar-refractivity contribution in [2.24, 2.45) is 5.92 Å². The van der Waals surface area contributed by atoms with Crippen LogP contribution in [0, 0.1) is 5.92 Å². The largest absolute Gasteiger partial charge is 0.370 e. The second-order valence-corrected chi connectivity index (χ2v) is 8.12. The molecule has 3 heterocycles. The fourth-order valence-corrected chi connectivity index (χ4v) is 3.55. The summed E-state index contributed by atoms with van der Waals surface area (Å²) in [5, 5.41) is 0. The van der Waals surface area contributed by atoms with Gasteiger partial charge in [-0.3, -0.25) is 19.6 Å². The standard InChI is InChI=1S/C23H30N4O3/c1-18(2)13-26-14-21(30-17-20-4-3-9-25-12-20)15-27(16-23(26)29)22(28)6-5-19-7-10-24-11-8-19/h3-4,7-12,18,21H,5-6,13-17H2,1-2H3. The molecule has 1 saturated heterocycles. The summed E-state index contributed by atoms with van der Waals surface area (Å²) < 4.78 is 6.12. The van der Waals surface area contributed by atoms with Crippen LogP contribution in [-0.2, 0) is 27.4 Å². The van der Waals surface area contributed by atoms with Gasteiger partial charge in [-0.1, -0.05) is 19.9 Å². The van der Waals surface area contributed by atoms with E-state index in [1.54, 1.807) is 29.7 Å². The molecule has 7 heteroatoms. The van der Waals surface area contributed by atoms with Gasteiger partial charge in [-0.05, 0) is 41.7 Å². The number of nitrogens with zero attached hydrogens (tertiary/aromatic N) is 4. The second kappa shape index (κ2) is 10.8. The summed E-state index contributed by atoms with van der Waals surface area (Å²) in [6, 6.07) is 7.64. The average molecular weight is 411 g/mol. The van der Waals surface area contributed by atoms with Crippen molar-refractivity contribution in [2.45, 2.75) is 39.4 Å². The van der Waals surface area contributed by atoms with Crippen molar-refractivity contribution in [2.75, 3.05) is 26.2 Å². The molecule has 1 aliphatic rings. The SMILES string of the molecule is CC(C)CN1CC(OCc2cccnc2)CN(C(=O)CCc2ccncc2)CC1=O. The van der Waals surface area contributed by atoms with E-state index in [1.165, 1.54) is 0 Å². The number of pyridine rings is 2. The van der Waals surface area contributed by atoms with Crippen molar-refractivity contribution in [3.8, 4) is 0 Å². The van der Waals surface area contributed by atoms with Crippen LogP contribution in [-0.4, -0.2) is 63.9 Å². The van der Waals surface area contributed by atoms with E-state index in [0.29, 0.717) is 45.0 Å². The Bertz CT molecular complexity index is 814. The number of carbonyl (C=O) groups excluding carboxylic acids is 2. The number of ether oxygens (including phenoxy) is 1. The summed E-state index contributed by atoms with van der Waals surface area (Å²) >= 11 is 0. The van der Waals surface area contributed by atoms with Crippen LogP contribution in [0.4, 0.5) is 0 Å². The van der Waals surface area contributed by atoms with Crippen LogP contribution in [0.3, 0.4) is 0 Å². The third-order valence-electron chi connectivity index (χ3n) is 5.05. The lowest BCUT2D eigenvalue weighted by atomic mass is 10.1. The third-order valence-corrected chi connectivity index (χ3v) is 5.05. The Morgan fingerprint density at radius 3 is 2.63 bits per heavy atom. The Balaban J connectivity index is 1.65. The monoisotopic (exact) mass is 410 g/mol. The molecular weight excluding hydrogens is 380 g/mol. The lowest BCUT2D eigenvalue weighted by molar-refractivity contribution is -0.139. The smallest absolute Gasteiger partial charge is 0.242 e. The van der Waals surface area contributed by atoms with Gasteiger partial charge in [-0.2, -0.15) is 0 Å². The van der Waals surface area contributed by atoms with Gasteiger partial charge >= 0.3 is 0 Å². The quantitative estimate of drug-likeness (QED) is 0.668. The van der Waals surface area contributed by atoms with Crippen LogP contribution in [0.5, 0.6) is 0 Å². The highest BCUT2D eigenvalue weighted by Gasteiger charge is 2.31. The van der Waals surface area contributed by atoms with E-state index in [4.69, 9.17) is 4.74 Å². The van der Waals surface area contributed by atoms with Gasteiger partial charge in [-0.25, -0.2) is 0 Å².